The van der Waals surface area contributed by atoms with Crippen LogP contribution < -0.4 is 15.1 Å². The fraction of sp³-hybridized carbons (Fsp3) is 0.375. The van der Waals surface area contributed by atoms with E-state index in [1.165, 1.54) is 0 Å². The van der Waals surface area contributed by atoms with Crippen molar-refractivity contribution >= 4 is 34.3 Å². The standard InChI is InChI=1S/C24H28N12O/c1-14-21(15(2)36-24(34(14)4)30-31-32-36)23(37)27-16-5-6-18-17(11-16)22(29-28-18)19-12-20(26-13-25-19)35-9-7-33(3)8-10-35/h5-6,11-13,15H,7-10H2,1-4H3,(H,27,37)(H,28,29). The van der Waals surface area contributed by atoms with Gasteiger partial charge in [-0.05, 0) is 49.5 Å². The number of aromatic nitrogens is 8. The highest BCUT2D eigenvalue weighted by Crippen LogP contribution is 2.33. The zero-order valence-electron chi connectivity index (χ0n) is 21.2. The molecule has 2 aliphatic heterocycles. The Morgan fingerprint density at radius 3 is 2.73 bits per heavy atom. The minimum atomic E-state index is -0.302. The zero-order chi connectivity index (χ0) is 25.7. The molecule has 1 amide bonds. The SMILES string of the molecule is CC1=C(C(=O)Nc2ccc3[nH]nc(-c4cc(N5CCN(C)CC5)ncn4)c3c2)C(C)n2nnnc2N1C. The Balaban J connectivity index is 1.28. The third-order valence-corrected chi connectivity index (χ3v) is 7.24. The minimum absolute atomic E-state index is 0.207. The van der Waals surface area contributed by atoms with Crippen LogP contribution in [0, 0.1) is 0 Å². The first kappa shape index (κ1) is 23.0. The molecule has 1 aromatic carbocycles. The summed E-state index contributed by atoms with van der Waals surface area (Å²) in [5, 5.41) is 23.4. The van der Waals surface area contributed by atoms with Crippen molar-refractivity contribution in [2.45, 2.75) is 19.9 Å². The summed E-state index contributed by atoms with van der Waals surface area (Å²) in [7, 11) is 3.97. The van der Waals surface area contributed by atoms with Crippen LogP contribution >= 0.6 is 0 Å². The number of nitrogens with zero attached hydrogens (tertiary/aromatic N) is 10. The quantitative estimate of drug-likeness (QED) is 0.426. The molecule has 1 atom stereocenters. The molecule has 2 aliphatic rings. The summed E-state index contributed by atoms with van der Waals surface area (Å²) in [5.41, 5.74) is 4.35. The number of carbonyl (C=O) groups excluding carboxylic acids is 1. The Labute approximate surface area is 213 Å². The number of hydrogen-bond donors (Lipinski definition) is 2. The second-order valence-corrected chi connectivity index (χ2v) is 9.50. The van der Waals surface area contributed by atoms with Gasteiger partial charge in [0.1, 0.15) is 17.8 Å². The third-order valence-electron chi connectivity index (χ3n) is 7.24. The number of nitrogens with one attached hydrogen (secondary N) is 2. The van der Waals surface area contributed by atoms with Crippen LogP contribution in [0.1, 0.15) is 19.9 Å². The number of rotatable bonds is 4. The van der Waals surface area contributed by atoms with Crippen molar-refractivity contribution < 1.29 is 4.79 Å². The third kappa shape index (κ3) is 3.96. The van der Waals surface area contributed by atoms with Gasteiger partial charge in [0.2, 0.25) is 5.95 Å². The molecule has 1 unspecified atom stereocenters. The molecule has 4 aromatic rings. The number of hydrogen-bond acceptors (Lipinski definition) is 10. The van der Waals surface area contributed by atoms with E-state index in [0.717, 1.165) is 54.3 Å². The van der Waals surface area contributed by atoms with E-state index in [-0.39, 0.29) is 11.9 Å². The molecule has 3 aromatic heterocycles. The van der Waals surface area contributed by atoms with E-state index in [1.54, 1.807) is 11.0 Å². The molecule has 5 heterocycles. The Morgan fingerprint density at radius 2 is 1.92 bits per heavy atom. The van der Waals surface area contributed by atoms with Crippen molar-refractivity contribution in [2.75, 3.05) is 55.4 Å². The van der Waals surface area contributed by atoms with Crippen molar-refractivity contribution in [3.8, 4) is 11.4 Å². The van der Waals surface area contributed by atoms with Gasteiger partial charge < -0.3 is 20.0 Å². The van der Waals surface area contributed by atoms with Crippen LogP contribution in [0.2, 0.25) is 0 Å². The molecule has 1 fully saturated rings. The second kappa shape index (κ2) is 8.92. The Morgan fingerprint density at radius 1 is 1.11 bits per heavy atom. The van der Waals surface area contributed by atoms with Crippen molar-refractivity contribution in [1.29, 1.82) is 0 Å². The zero-order valence-corrected chi connectivity index (χ0v) is 21.2. The van der Waals surface area contributed by atoms with Gasteiger partial charge in [-0.2, -0.15) is 5.10 Å². The number of aromatic amines is 1. The number of fused-ring (bicyclic) bond motifs is 2. The van der Waals surface area contributed by atoms with Gasteiger partial charge in [-0.25, -0.2) is 14.6 Å². The number of H-pyrrole nitrogens is 1. The number of carbonyl (C=O) groups is 1. The molecule has 0 aliphatic carbocycles. The highest BCUT2D eigenvalue weighted by Gasteiger charge is 2.32. The lowest BCUT2D eigenvalue weighted by Crippen LogP contribution is -2.44. The number of tetrazole rings is 1. The molecule has 190 valence electrons. The van der Waals surface area contributed by atoms with E-state index < -0.39 is 0 Å². The van der Waals surface area contributed by atoms with Crippen molar-refractivity contribution in [3.05, 3.63) is 41.9 Å². The van der Waals surface area contributed by atoms with Gasteiger partial charge in [-0.3, -0.25) is 9.89 Å². The van der Waals surface area contributed by atoms with E-state index in [2.05, 4.69) is 57.9 Å². The van der Waals surface area contributed by atoms with Gasteiger partial charge in [0.25, 0.3) is 5.91 Å². The van der Waals surface area contributed by atoms with Crippen molar-refractivity contribution in [3.63, 3.8) is 0 Å². The molecular formula is C24H28N12O. The average molecular weight is 501 g/mol. The molecule has 2 N–H and O–H groups in total. The summed E-state index contributed by atoms with van der Waals surface area (Å²) in [5.74, 6) is 1.28. The van der Waals surface area contributed by atoms with Crippen molar-refractivity contribution in [1.82, 2.24) is 45.3 Å². The summed E-state index contributed by atoms with van der Waals surface area (Å²) in [6.45, 7) is 7.63. The second-order valence-electron chi connectivity index (χ2n) is 9.50. The molecule has 0 radical (unpaired) electrons. The Bertz CT molecular complexity index is 1510. The van der Waals surface area contributed by atoms with Crippen LogP contribution in [0.5, 0.6) is 0 Å². The lowest BCUT2D eigenvalue weighted by atomic mass is 10.0. The summed E-state index contributed by atoms with van der Waals surface area (Å²) in [6, 6.07) is 7.35. The van der Waals surface area contributed by atoms with Gasteiger partial charge in [0, 0.05) is 56.1 Å². The average Bonchev–Trinajstić information content (AvgIpc) is 3.56. The number of amides is 1. The highest BCUT2D eigenvalue weighted by molar-refractivity contribution is 6.07. The lowest BCUT2D eigenvalue weighted by molar-refractivity contribution is -0.113. The predicted octanol–water partition coefficient (Wildman–Crippen LogP) is 1.68. The number of likely N-dealkylation sites (N-methyl/N-ethyl adjacent to an activating group) is 1. The van der Waals surface area contributed by atoms with Gasteiger partial charge in [0.05, 0.1) is 22.8 Å². The molecular weight excluding hydrogens is 472 g/mol. The first-order valence-corrected chi connectivity index (χ1v) is 12.2. The topological polar surface area (TPSA) is 137 Å². The largest absolute Gasteiger partial charge is 0.354 e. The van der Waals surface area contributed by atoms with E-state index in [0.29, 0.717) is 22.9 Å². The minimum Gasteiger partial charge on any atom is -0.354 e. The molecule has 6 rings (SSSR count). The van der Waals surface area contributed by atoms with Crippen LogP contribution in [0.25, 0.3) is 22.3 Å². The summed E-state index contributed by atoms with van der Waals surface area (Å²) in [4.78, 5) is 28.8. The van der Waals surface area contributed by atoms with Crippen LogP contribution in [-0.4, -0.2) is 91.5 Å². The maximum atomic E-state index is 13.4. The van der Waals surface area contributed by atoms with Crippen LogP contribution in [0.4, 0.5) is 17.5 Å². The first-order valence-electron chi connectivity index (χ1n) is 12.2. The monoisotopic (exact) mass is 500 g/mol. The van der Waals surface area contributed by atoms with E-state index in [1.807, 2.05) is 50.1 Å². The summed E-state index contributed by atoms with van der Waals surface area (Å²) >= 11 is 0. The lowest BCUT2D eigenvalue weighted by Gasteiger charge is -2.33. The van der Waals surface area contributed by atoms with Gasteiger partial charge >= 0.3 is 0 Å². The fourth-order valence-electron chi connectivity index (χ4n) is 4.94. The fourth-order valence-corrected chi connectivity index (χ4v) is 4.94. The van der Waals surface area contributed by atoms with E-state index in [4.69, 9.17) is 0 Å². The van der Waals surface area contributed by atoms with E-state index >= 15 is 0 Å². The highest BCUT2D eigenvalue weighted by atomic mass is 16.1. The summed E-state index contributed by atoms with van der Waals surface area (Å²) in [6.07, 6.45) is 1.58. The molecule has 13 nitrogen and oxygen atoms in total. The number of anilines is 3. The smallest absolute Gasteiger partial charge is 0.255 e. The number of benzene rings is 1. The van der Waals surface area contributed by atoms with Crippen LogP contribution in [0.15, 0.2) is 41.9 Å². The number of allylic oxidation sites excluding steroid dienone is 1. The molecule has 0 bridgehead atoms. The first-order chi connectivity index (χ1) is 17.9. The Hall–Kier alpha value is -4.39. The molecule has 0 spiro atoms. The Kier molecular flexibility index (Phi) is 5.56. The maximum absolute atomic E-state index is 13.4. The maximum Gasteiger partial charge on any atom is 0.255 e. The molecule has 0 saturated carbocycles. The number of piperazine rings is 1. The van der Waals surface area contributed by atoms with Crippen molar-refractivity contribution in [2.24, 2.45) is 0 Å². The van der Waals surface area contributed by atoms with E-state index in [9.17, 15) is 4.79 Å². The van der Waals surface area contributed by atoms with Gasteiger partial charge in [-0.1, -0.05) is 5.10 Å². The summed E-state index contributed by atoms with van der Waals surface area (Å²) < 4.78 is 1.65. The molecule has 13 heteroatoms. The van der Waals surface area contributed by atoms with Crippen LogP contribution in [0.3, 0.4) is 0 Å². The molecule has 1 saturated heterocycles. The van der Waals surface area contributed by atoms with Gasteiger partial charge in [-0.15, -0.1) is 0 Å². The predicted molar refractivity (Wildman–Crippen MR) is 139 cm³/mol. The van der Waals surface area contributed by atoms with Crippen LogP contribution in [-0.2, 0) is 4.79 Å². The van der Waals surface area contributed by atoms with Gasteiger partial charge in [0.15, 0.2) is 0 Å². The normalized spacial score (nSPS) is 18.4. The molecule has 37 heavy (non-hydrogen) atoms.